The lowest BCUT2D eigenvalue weighted by atomic mass is 9.83. The zero-order chi connectivity index (χ0) is 21.8. The molecule has 2 aromatic rings. The second-order valence-corrected chi connectivity index (χ2v) is 6.98. The molecule has 158 valence electrons. The third-order valence-corrected chi connectivity index (χ3v) is 5.21. The molecule has 1 atom stereocenters. The number of benzene rings is 1. The van der Waals surface area contributed by atoms with Crippen LogP contribution in [0.25, 0.3) is 0 Å². The summed E-state index contributed by atoms with van der Waals surface area (Å²) < 4.78 is 18.5. The number of allylic oxidation sites excluding steroid dienone is 1. The van der Waals surface area contributed by atoms with E-state index in [0.29, 0.717) is 41.5 Å². The number of hydrogen-bond donors (Lipinski definition) is 1. The number of fused-ring (bicyclic) bond motifs is 1. The van der Waals surface area contributed by atoms with E-state index in [1.54, 1.807) is 23.8 Å². The van der Waals surface area contributed by atoms with Crippen LogP contribution in [0.5, 0.6) is 17.2 Å². The molecule has 1 aromatic carbocycles. The molecule has 0 amide bonds. The molecule has 0 saturated heterocycles. The predicted molar refractivity (Wildman–Crippen MR) is 114 cm³/mol. The number of aryl methyl sites for hydroxylation is 1. The standard InChI is InChI=1S/C23H27N3O4/c1-5-8-15-12-19-21(23(27)26(15)6-2)20(16(13-24)22(25)30-19)14-9-10-17(29-7-3)18(11-14)28-4/h9-12,20H,5-8,25H2,1-4H3. The molecule has 0 radical (unpaired) electrons. The number of methoxy groups -OCH3 is 1. The van der Waals surface area contributed by atoms with Gasteiger partial charge in [-0.15, -0.1) is 0 Å². The van der Waals surface area contributed by atoms with Gasteiger partial charge in [-0.2, -0.15) is 5.26 Å². The molecule has 0 bridgehead atoms. The molecule has 1 aromatic heterocycles. The molecule has 1 aliphatic rings. The number of ether oxygens (including phenoxy) is 3. The van der Waals surface area contributed by atoms with Crippen LogP contribution in [0.4, 0.5) is 0 Å². The maximum absolute atomic E-state index is 13.5. The van der Waals surface area contributed by atoms with Gasteiger partial charge in [0.2, 0.25) is 5.88 Å². The smallest absolute Gasteiger partial charge is 0.258 e. The Hall–Kier alpha value is -3.40. The van der Waals surface area contributed by atoms with E-state index in [-0.39, 0.29) is 17.0 Å². The van der Waals surface area contributed by atoms with Gasteiger partial charge in [0.1, 0.15) is 17.4 Å². The molecule has 1 aliphatic heterocycles. The van der Waals surface area contributed by atoms with Gasteiger partial charge in [-0.3, -0.25) is 4.79 Å². The van der Waals surface area contributed by atoms with E-state index in [0.717, 1.165) is 18.5 Å². The third-order valence-electron chi connectivity index (χ3n) is 5.21. The van der Waals surface area contributed by atoms with Gasteiger partial charge in [0, 0.05) is 18.3 Å². The van der Waals surface area contributed by atoms with Crippen LogP contribution in [0.3, 0.4) is 0 Å². The van der Waals surface area contributed by atoms with Gasteiger partial charge >= 0.3 is 0 Å². The summed E-state index contributed by atoms with van der Waals surface area (Å²) in [6.45, 7) is 6.90. The Morgan fingerprint density at radius 2 is 2.00 bits per heavy atom. The Morgan fingerprint density at radius 3 is 2.60 bits per heavy atom. The van der Waals surface area contributed by atoms with Crippen LogP contribution in [0.2, 0.25) is 0 Å². The molecule has 2 N–H and O–H groups in total. The molecule has 7 nitrogen and oxygen atoms in total. The molecule has 0 fully saturated rings. The van der Waals surface area contributed by atoms with Crippen LogP contribution in [0, 0.1) is 11.3 Å². The lowest BCUT2D eigenvalue weighted by Gasteiger charge is -2.28. The fourth-order valence-corrected chi connectivity index (χ4v) is 3.90. The summed E-state index contributed by atoms with van der Waals surface area (Å²) in [5.74, 6) is 0.887. The number of aromatic nitrogens is 1. The van der Waals surface area contributed by atoms with E-state index in [2.05, 4.69) is 13.0 Å². The molecule has 3 rings (SSSR count). The first-order valence-corrected chi connectivity index (χ1v) is 10.1. The van der Waals surface area contributed by atoms with Crippen LogP contribution in [0.15, 0.2) is 40.5 Å². The maximum Gasteiger partial charge on any atom is 0.258 e. The van der Waals surface area contributed by atoms with E-state index < -0.39 is 5.92 Å². The predicted octanol–water partition coefficient (Wildman–Crippen LogP) is 3.45. The van der Waals surface area contributed by atoms with Gasteiger partial charge in [-0.1, -0.05) is 19.4 Å². The topological polar surface area (TPSA) is 99.5 Å². The lowest BCUT2D eigenvalue weighted by Crippen LogP contribution is -2.33. The van der Waals surface area contributed by atoms with Crippen molar-refractivity contribution >= 4 is 0 Å². The van der Waals surface area contributed by atoms with E-state index >= 15 is 0 Å². The van der Waals surface area contributed by atoms with Gasteiger partial charge in [-0.05, 0) is 38.0 Å². The summed E-state index contributed by atoms with van der Waals surface area (Å²) in [7, 11) is 1.55. The number of rotatable bonds is 7. The first kappa shape index (κ1) is 21.3. The van der Waals surface area contributed by atoms with Crippen molar-refractivity contribution in [3.05, 3.63) is 62.9 Å². The highest BCUT2D eigenvalue weighted by Gasteiger charge is 2.35. The van der Waals surface area contributed by atoms with Crippen molar-refractivity contribution in [2.24, 2.45) is 5.73 Å². The number of nitriles is 1. The van der Waals surface area contributed by atoms with Gasteiger partial charge in [0.25, 0.3) is 5.56 Å². The molecular weight excluding hydrogens is 382 g/mol. The number of nitrogens with two attached hydrogens (primary N) is 1. The highest BCUT2D eigenvalue weighted by Crippen LogP contribution is 2.42. The monoisotopic (exact) mass is 409 g/mol. The summed E-state index contributed by atoms with van der Waals surface area (Å²) in [4.78, 5) is 13.5. The minimum Gasteiger partial charge on any atom is -0.493 e. The molecular formula is C23H27N3O4. The van der Waals surface area contributed by atoms with Crippen molar-refractivity contribution in [1.29, 1.82) is 5.26 Å². The normalized spacial score (nSPS) is 15.2. The van der Waals surface area contributed by atoms with E-state index in [1.807, 2.05) is 26.0 Å². The Morgan fingerprint density at radius 1 is 1.23 bits per heavy atom. The molecule has 0 saturated carbocycles. The Labute approximate surface area is 176 Å². The van der Waals surface area contributed by atoms with Crippen LogP contribution in [0.1, 0.15) is 49.9 Å². The molecule has 1 unspecified atom stereocenters. The van der Waals surface area contributed by atoms with Crippen molar-refractivity contribution in [3.8, 4) is 23.3 Å². The Balaban J connectivity index is 2.27. The summed E-state index contributed by atoms with van der Waals surface area (Å²) in [6.07, 6.45) is 1.64. The number of pyridine rings is 1. The fraction of sp³-hybridized carbons (Fsp3) is 0.391. The molecule has 30 heavy (non-hydrogen) atoms. The van der Waals surface area contributed by atoms with Crippen LogP contribution < -0.4 is 25.5 Å². The Bertz CT molecular complexity index is 1080. The SMILES string of the molecule is CCCc1cc2c(c(=O)n1CC)C(c1ccc(OCC)c(OC)c1)C(C#N)=C(N)O2. The van der Waals surface area contributed by atoms with Gasteiger partial charge in [-0.25, -0.2) is 0 Å². The van der Waals surface area contributed by atoms with Crippen molar-refractivity contribution in [2.75, 3.05) is 13.7 Å². The minimum atomic E-state index is -0.649. The van der Waals surface area contributed by atoms with E-state index in [9.17, 15) is 10.1 Å². The van der Waals surface area contributed by atoms with Crippen LogP contribution in [-0.2, 0) is 13.0 Å². The molecule has 0 aliphatic carbocycles. The van der Waals surface area contributed by atoms with Gasteiger partial charge < -0.3 is 24.5 Å². The summed E-state index contributed by atoms with van der Waals surface area (Å²) in [5, 5.41) is 9.81. The van der Waals surface area contributed by atoms with Gasteiger partial charge in [0.05, 0.1) is 25.2 Å². The average molecular weight is 409 g/mol. The molecule has 0 spiro atoms. The second-order valence-electron chi connectivity index (χ2n) is 6.98. The summed E-state index contributed by atoms with van der Waals surface area (Å²) in [6, 6.07) is 9.39. The lowest BCUT2D eigenvalue weighted by molar-refractivity contribution is 0.310. The highest BCUT2D eigenvalue weighted by molar-refractivity contribution is 5.57. The zero-order valence-electron chi connectivity index (χ0n) is 17.8. The second kappa shape index (κ2) is 8.95. The first-order valence-electron chi connectivity index (χ1n) is 10.1. The van der Waals surface area contributed by atoms with E-state index in [4.69, 9.17) is 19.9 Å². The first-order chi connectivity index (χ1) is 14.5. The third kappa shape index (κ3) is 3.61. The minimum absolute atomic E-state index is 0.0129. The average Bonchev–Trinajstić information content (AvgIpc) is 2.74. The van der Waals surface area contributed by atoms with Crippen molar-refractivity contribution in [3.63, 3.8) is 0 Å². The summed E-state index contributed by atoms with van der Waals surface area (Å²) in [5.41, 5.74) is 8.14. The van der Waals surface area contributed by atoms with Crippen LogP contribution >= 0.6 is 0 Å². The quantitative estimate of drug-likeness (QED) is 0.752. The molecule has 7 heteroatoms. The maximum atomic E-state index is 13.5. The van der Waals surface area contributed by atoms with Crippen molar-refractivity contribution in [2.45, 2.75) is 46.1 Å². The summed E-state index contributed by atoms with van der Waals surface area (Å²) >= 11 is 0. The Kier molecular flexibility index (Phi) is 6.36. The number of nitrogens with zero attached hydrogens (tertiary/aromatic N) is 2. The molecule has 2 heterocycles. The number of hydrogen-bond acceptors (Lipinski definition) is 6. The fourth-order valence-electron chi connectivity index (χ4n) is 3.90. The van der Waals surface area contributed by atoms with E-state index in [1.165, 1.54) is 0 Å². The van der Waals surface area contributed by atoms with Gasteiger partial charge in [0.15, 0.2) is 11.5 Å². The van der Waals surface area contributed by atoms with Crippen molar-refractivity contribution < 1.29 is 14.2 Å². The zero-order valence-corrected chi connectivity index (χ0v) is 17.8. The van der Waals surface area contributed by atoms with Crippen molar-refractivity contribution in [1.82, 2.24) is 4.57 Å². The largest absolute Gasteiger partial charge is 0.493 e. The highest BCUT2D eigenvalue weighted by atomic mass is 16.5. The van der Waals surface area contributed by atoms with Crippen LogP contribution in [-0.4, -0.2) is 18.3 Å².